The number of nitrogens with zero attached hydrogens (tertiary/aromatic N) is 3. The minimum absolute atomic E-state index is 0.0232. The molecule has 0 bridgehead atoms. The largest absolute Gasteiger partial charge is 0.484 e. The molecule has 1 amide bonds. The highest BCUT2D eigenvalue weighted by Gasteiger charge is 2.13. The van der Waals surface area contributed by atoms with Crippen molar-refractivity contribution in [1.29, 1.82) is 5.26 Å². The number of carbonyl (C=O) groups is 1. The zero-order valence-corrected chi connectivity index (χ0v) is 14.0. The second-order valence-corrected chi connectivity index (χ2v) is 5.55. The van der Waals surface area contributed by atoms with Gasteiger partial charge in [-0.05, 0) is 30.3 Å². The Morgan fingerprint density at radius 2 is 2.23 bits per heavy atom. The third-order valence-electron chi connectivity index (χ3n) is 3.26. The van der Waals surface area contributed by atoms with Crippen LogP contribution in [0, 0.1) is 17.1 Å². The summed E-state index contributed by atoms with van der Waals surface area (Å²) in [5.41, 5.74) is 0. The van der Waals surface area contributed by atoms with Crippen LogP contribution in [0.15, 0.2) is 47.0 Å². The van der Waals surface area contributed by atoms with Gasteiger partial charge in [0, 0.05) is 12.3 Å². The third-order valence-corrected chi connectivity index (χ3v) is 3.56. The Kier molecular flexibility index (Phi) is 5.20. The lowest BCUT2D eigenvalue weighted by molar-refractivity contribution is 0.0992. The lowest BCUT2D eigenvalue weighted by Crippen LogP contribution is -2.11. The molecular formula is C17H12ClFN4O3. The fourth-order valence-electron chi connectivity index (χ4n) is 2.09. The first-order valence-corrected chi connectivity index (χ1v) is 7.81. The second-order valence-electron chi connectivity index (χ2n) is 5.14. The van der Waals surface area contributed by atoms with Crippen LogP contribution in [0.3, 0.4) is 0 Å². The first-order chi connectivity index (χ1) is 12.5. The zero-order valence-electron chi connectivity index (χ0n) is 13.3. The van der Waals surface area contributed by atoms with Crippen LogP contribution >= 0.6 is 11.6 Å². The SMILES string of the molecule is N#CCn1ccc(NC(=O)c2ccc(COc3ccc(F)cc3Cl)o2)n1. The van der Waals surface area contributed by atoms with Gasteiger partial charge in [0.25, 0.3) is 5.91 Å². The summed E-state index contributed by atoms with van der Waals surface area (Å²) in [6, 6.07) is 10.4. The van der Waals surface area contributed by atoms with Crippen molar-refractivity contribution in [3.05, 3.63) is 65.0 Å². The number of hydrogen-bond donors (Lipinski definition) is 1. The molecule has 0 aliphatic rings. The number of anilines is 1. The summed E-state index contributed by atoms with van der Waals surface area (Å²) in [7, 11) is 0. The van der Waals surface area contributed by atoms with Crippen molar-refractivity contribution in [2.75, 3.05) is 5.32 Å². The third kappa shape index (κ3) is 4.20. The van der Waals surface area contributed by atoms with Gasteiger partial charge >= 0.3 is 0 Å². The molecule has 0 spiro atoms. The molecule has 26 heavy (non-hydrogen) atoms. The molecule has 0 saturated carbocycles. The molecule has 9 heteroatoms. The summed E-state index contributed by atoms with van der Waals surface area (Å²) in [6.45, 7) is 0.111. The fraction of sp³-hybridized carbons (Fsp3) is 0.118. The second kappa shape index (κ2) is 7.72. The lowest BCUT2D eigenvalue weighted by Gasteiger charge is -2.06. The number of nitrogens with one attached hydrogen (secondary N) is 1. The van der Waals surface area contributed by atoms with E-state index < -0.39 is 11.7 Å². The van der Waals surface area contributed by atoms with E-state index in [9.17, 15) is 9.18 Å². The number of amides is 1. The van der Waals surface area contributed by atoms with Crippen molar-refractivity contribution < 1.29 is 18.3 Å². The van der Waals surface area contributed by atoms with E-state index in [0.29, 0.717) is 17.3 Å². The molecule has 0 aliphatic carbocycles. The summed E-state index contributed by atoms with van der Waals surface area (Å²) in [5, 5.41) is 15.3. The molecule has 0 fully saturated rings. The number of furan rings is 1. The monoisotopic (exact) mass is 374 g/mol. The molecule has 1 aromatic carbocycles. The van der Waals surface area contributed by atoms with Gasteiger partial charge in [-0.25, -0.2) is 4.39 Å². The average Bonchev–Trinajstić information content (AvgIpc) is 3.24. The Morgan fingerprint density at radius 1 is 1.38 bits per heavy atom. The zero-order chi connectivity index (χ0) is 18.5. The molecule has 0 unspecified atom stereocenters. The van der Waals surface area contributed by atoms with Crippen LogP contribution < -0.4 is 10.1 Å². The van der Waals surface area contributed by atoms with Crippen molar-refractivity contribution >= 4 is 23.3 Å². The van der Waals surface area contributed by atoms with Crippen molar-refractivity contribution in [1.82, 2.24) is 9.78 Å². The van der Waals surface area contributed by atoms with Gasteiger partial charge in [0.15, 0.2) is 11.6 Å². The van der Waals surface area contributed by atoms with E-state index in [0.717, 1.165) is 6.07 Å². The van der Waals surface area contributed by atoms with Crippen LogP contribution in [0.5, 0.6) is 5.75 Å². The summed E-state index contributed by atoms with van der Waals surface area (Å²) in [5.74, 6) is 0.125. The highest BCUT2D eigenvalue weighted by molar-refractivity contribution is 6.32. The topological polar surface area (TPSA) is 93.1 Å². The number of rotatable bonds is 6. The molecular weight excluding hydrogens is 363 g/mol. The van der Waals surface area contributed by atoms with Gasteiger partial charge in [0.05, 0.1) is 11.1 Å². The quantitative estimate of drug-likeness (QED) is 0.711. The molecule has 3 aromatic rings. The average molecular weight is 375 g/mol. The van der Waals surface area contributed by atoms with Gasteiger partial charge in [-0.2, -0.15) is 10.4 Å². The Hall–Kier alpha value is -3.31. The lowest BCUT2D eigenvalue weighted by atomic mass is 10.3. The smallest absolute Gasteiger partial charge is 0.292 e. The van der Waals surface area contributed by atoms with Crippen LogP contribution in [0.2, 0.25) is 5.02 Å². The molecule has 132 valence electrons. The molecule has 0 radical (unpaired) electrons. The Balaban J connectivity index is 1.59. The van der Waals surface area contributed by atoms with Gasteiger partial charge in [0.2, 0.25) is 0 Å². The van der Waals surface area contributed by atoms with Crippen LogP contribution in [0.4, 0.5) is 10.2 Å². The first kappa shape index (κ1) is 17.5. The number of hydrogen-bond acceptors (Lipinski definition) is 5. The molecule has 0 aliphatic heterocycles. The first-order valence-electron chi connectivity index (χ1n) is 7.43. The van der Waals surface area contributed by atoms with E-state index in [2.05, 4.69) is 10.4 Å². The van der Waals surface area contributed by atoms with Crippen LogP contribution in [0.1, 0.15) is 16.3 Å². The Bertz CT molecular complexity index is 977. The highest BCUT2D eigenvalue weighted by atomic mass is 35.5. The van der Waals surface area contributed by atoms with Gasteiger partial charge < -0.3 is 14.5 Å². The van der Waals surface area contributed by atoms with Crippen LogP contribution in [-0.2, 0) is 13.2 Å². The van der Waals surface area contributed by atoms with Crippen molar-refractivity contribution in [2.24, 2.45) is 0 Å². The number of halogens is 2. The normalized spacial score (nSPS) is 10.3. The molecule has 2 aromatic heterocycles. The van der Waals surface area contributed by atoms with Crippen molar-refractivity contribution in [3.8, 4) is 11.8 Å². The minimum Gasteiger partial charge on any atom is -0.484 e. The molecule has 2 heterocycles. The molecule has 0 saturated heterocycles. The van der Waals surface area contributed by atoms with Crippen LogP contribution in [0.25, 0.3) is 0 Å². The predicted molar refractivity (Wildman–Crippen MR) is 90.2 cm³/mol. The van der Waals surface area contributed by atoms with E-state index in [1.807, 2.05) is 6.07 Å². The van der Waals surface area contributed by atoms with Gasteiger partial charge in [-0.15, -0.1) is 0 Å². The molecule has 7 nitrogen and oxygen atoms in total. The Morgan fingerprint density at radius 3 is 3.00 bits per heavy atom. The molecule has 0 atom stereocenters. The maximum atomic E-state index is 13.0. The fourth-order valence-corrected chi connectivity index (χ4v) is 2.31. The number of carbonyl (C=O) groups excluding carboxylic acids is 1. The Labute approximate surface area is 152 Å². The van der Waals surface area contributed by atoms with E-state index in [1.54, 1.807) is 18.3 Å². The summed E-state index contributed by atoms with van der Waals surface area (Å²) < 4.78 is 25.3. The predicted octanol–water partition coefficient (Wildman–Crippen LogP) is 3.62. The number of ether oxygens (including phenoxy) is 1. The van der Waals surface area contributed by atoms with Gasteiger partial charge in [0.1, 0.15) is 30.5 Å². The maximum absolute atomic E-state index is 13.0. The van der Waals surface area contributed by atoms with E-state index in [4.69, 9.17) is 26.0 Å². The highest BCUT2D eigenvalue weighted by Crippen LogP contribution is 2.26. The minimum atomic E-state index is -0.488. The summed E-state index contributed by atoms with van der Waals surface area (Å²) >= 11 is 5.88. The van der Waals surface area contributed by atoms with Gasteiger partial charge in [-0.3, -0.25) is 9.48 Å². The molecule has 1 N–H and O–H groups in total. The van der Waals surface area contributed by atoms with Crippen molar-refractivity contribution in [2.45, 2.75) is 13.2 Å². The summed E-state index contributed by atoms with van der Waals surface area (Å²) in [4.78, 5) is 12.1. The van der Waals surface area contributed by atoms with Crippen LogP contribution in [-0.4, -0.2) is 15.7 Å². The van der Waals surface area contributed by atoms with E-state index >= 15 is 0 Å². The van der Waals surface area contributed by atoms with Crippen molar-refractivity contribution in [3.63, 3.8) is 0 Å². The summed E-state index contributed by atoms with van der Waals surface area (Å²) in [6.07, 6.45) is 1.58. The number of benzene rings is 1. The van der Waals surface area contributed by atoms with Gasteiger partial charge in [-0.1, -0.05) is 11.6 Å². The standard InChI is InChI=1S/C17H12ClFN4O3/c18-13-9-11(19)1-3-14(13)25-10-12-2-4-15(26-12)17(24)21-16-5-7-23(22-16)8-6-20/h1-5,7,9H,8,10H2,(H,21,22,24). The van der Waals surface area contributed by atoms with E-state index in [-0.39, 0.29) is 23.9 Å². The number of aromatic nitrogens is 2. The number of nitriles is 1. The maximum Gasteiger partial charge on any atom is 0.292 e. The van der Waals surface area contributed by atoms with E-state index in [1.165, 1.54) is 22.9 Å². The molecule has 3 rings (SSSR count).